The third-order valence-corrected chi connectivity index (χ3v) is 6.72. The molecule has 2 unspecified atom stereocenters. The molecule has 0 aromatic heterocycles. The molecule has 0 spiro atoms. The highest BCUT2D eigenvalue weighted by molar-refractivity contribution is 5.73. The van der Waals surface area contributed by atoms with Crippen LogP contribution in [0.4, 0.5) is 0 Å². The lowest BCUT2D eigenvalue weighted by Gasteiger charge is -2.31. The summed E-state index contributed by atoms with van der Waals surface area (Å²) in [6.07, 6.45) is 13.5. The van der Waals surface area contributed by atoms with Gasteiger partial charge in [0.15, 0.2) is 0 Å². The average molecular weight is 357 g/mol. The van der Waals surface area contributed by atoms with Crippen molar-refractivity contribution in [3.63, 3.8) is 0 Å². The molecule has 2 heteroatoms. The lowest BCUT2D eigenvalue weighted by molar-refractivity contribution is -0.161. The smallest absolute Gasteiger partial charge is 0.309 e. The van der Waals surface area contributed by atoms with Gasteiger partial charge >= 0.3 is 5.97 Å². The number of ether oxygens (including phenoxy) is 1. The van der Waals surface area contributed by atoms with Crippen molar-refractivity contribution < 1.29 is 9.53 Å². The predicted molar refractivity (Wildman–Crippen MR) is 107 cm³/mol. The molecule has 2 atom stereocenters. The topological polar surface area (TPSA) is 26.3 Å². The van der Waals surface area contributed by atoms with Crippen LogP contribution in [0.25, 0.3) is 0 Å². The van der Waals surface area contributed by atoms with Crippen LogP contribution in [0.15, 0.2) is 24.3 Å². The first-order valence-corrected chi connectivity index (χ1v) is 11.0. The fraction of sp³-hybridized carbons (Fsp3) is 0.708. The van der Waals surface area contributed by atoms with E-state index in [1.165, 1.54) is 50.5 Å². The SMILES string of the molecule is CCCC1CCC(CCC2CCC(c3ccc(CC)cc3)OC2=O)CC1. The van der Waals surface area contributed by atoms with Crippen molar-refractivity contribution >= 4 is 5.97 Å². The zero-order chi connectivity index (χ0) is 18.4. The maximum absolute atomic E-state index is 12.5. The normalized spacial score (nSPS) is 29.4. The van der Waals surface area contributed by atoms with Crippen molar-refractivity contribution in [1.29, 1.82) is 0 Å². The molecule has 1 saturated carbocycles. The molecule has 1 saturated heterocycles. The summed E-state index contributed by atoms with van der Waals surface area (Å²) in [6.45, 7) is 4.46. The average Bonchev–Trinajstić information content (AvgIpc) is 2.68. The summed E-state index contributed by atoms with van der Waals surface area (Å²) in [6, 6.07) is 8.58. The zero-order valence-electron chi connectivity index (χ0n) is 16.7. The highest BCUT2D eigenvalue weighted by Gasteiger charge is 2.31. The number of hydrogen-bond acceptors (Lipinski definition) is 2. The minimum absolute atomic E-state index is 0.0332. The van der Waals surface area contributed by atoms with E-state index in [9.17, 15) is 4.79 Å². The Kier molecular flexibility index (Phi) is 7.16. The van der Waals surface area contributed by atoms with Crippen LogP contribution in [0.2, 0.25) is 0 Å². The molecule has 26 heavy (non-hydrogen) atoms. The van der Waals surface area contributed by atoms with E-state index in [0.717, 1.165) is 43.1 Å². The standard InChI is InChI=1S/C24H36O2/c1-3-5-19-6-8-20(9-7-19)12-15-22-16-17-23(26-24(22)25)21-13-10-18(4-2)11-14-21/h10-11,13-14,19-20,22-23H,3-9,12,15-17H2,1-2H3. The van der Waals surface area contributed by atoms with Gasteiger partial charge in [-0.3, -0.25) is 4.79 Å². The van der Waals surface area contributed by atoms with Gasteiger partial charge < -0.3 is 4.74 Å². The van der Waals surface area contributed by atoms with Gasteiger partial charge in [-0.25, -0.2) is 0 Å². The monoisotopic (exact) mass is 356 g/mol. The maximum Gasteiger partial charge on any atom is 0.309 e. The van der Waals surface area contributed by atoms with E-state index in [1.54, 1.807) is 0 Å². The lowest BCUT2D eigenvalue weighted by Crippen LogP contribution is -2.27. The van der Waals surface area contributed by atoms with Crippen LogP contribution in [0.5, 0.6) is 0 Å². The van der Waals surface area contributed by atoms with Crippen molar-refractivity contribution in [2.45, 2.75) is 90.6 Å². The summed E-state index contributed by atoms with van der Waals surface area (Å²) in [5.74, 6) is 1.99. The van der Waals surface area contributed by atoms with Gasteiger partial charge in [0, 0.05) is 0 Å². The van der Waals surface area contributed by atoms with E-state index in [-0.39, 0.29) is 18.0 Å². The number of aryl methyl sites for hydroxylation is 1. The van der Waals surface area contributed by atoms with Crippen LogP contribution in [-0.4, -0.2) is 5.97 Å². The highest BCUT2D eigenvalue weighted by Crippen LogP contribution is 2.37. The molecule has 2 fully saturated rings. The summed E-state index contributed by atoms with van der Waals surface area (Å²) < 4.78 is 5.81. The summed E-state index contributed by atoms with van der Waals surface area (Å²) in [5, 5.41) is 0. The number of cyclic esters (lactones) is 1. The maximum atomic E-state index is 12.5. The summed E-state index contributed by atoms with van der Waals surface area (Å²) >= 11 is 0. The van der Waals surface area contributed by atoms with Crippen molar-refractivity contribution in [3.05, 3.63) is 35.4 Å². The molecule has 1 aromatic carbocycles. The van der Waals surface area contributed by atoms with Crippen LogP contribution >= 0.6 is 0 Å². The van der Waals surface area contributed by atoms with Crippen LogP contribution in [0.1, 0.15) is 95.3 Å². The molecule has 0 bridgehead atoms. The first kappa shape index (κ1) is 19.5. The fourth-order valence-electron chi connectivity index (χ4n) is 4.88. The van der Waals surface area contributed by atoms with Crippen LogP contribution < -0.4 is 0 Å². The van der Waals surface area contributed by atoms with Crippen LogP contribution in [0.3, 0.4) is 0 Å². The van der Waals surface area contributed by atoms with Gasteiger partial charge in [0.05, 0.1) is 5.92 Å². The summed E-state index contributed by atoms with van der Waals surface area (Å²) in [7, 11) is 0. The van der Waals surface area contributed by atoms with E-state index in [0.29, 0.717) is 0 Å². The third kappa shape index (κ3) is 5.11. The lowest BCUT2D eigenvalue weighted by atomic mass is 9.77. The largest absolute Gasteiger partial charge is 0.457 e. The molecular weight excluding hydrogens is 320 g/mol. The van der Waals surface area contributed by atoms with E-state index < -0.39 is 0 Å². The van der Waals surface area contributed by atoms with Gasteiger partial charge in [-0.05, 0) is 55.1 Å². The van der Waals surface area contributed by atoms with E-state index in [1.807, 2.05) is 0 Å². The molecular formula is C24H36O2. The third-order valence-electron chi connectivity index (χ3n) is 6.72. The van der Waals surface area contributed by atoms with Crippen LogP contribution in [0, 0.1) is 17.8 Å². The molecule has 0 N–H and O–H groups in total. The van der Waals surface area contributed by atoms with Crippen molar-refractivity contribution in [1.82, 2.24) is 0 Å². The van der Waals surface area contributed by atoms with Gasteiger partial charge in [-0.15, -0.1) is 0 Å². The molecule has 1 heterocycles. The van der Waals surface area contributed by atoms with Gasteiger partial charge in [-0.1, -0.05) is 76.6 Å². The molecule has 144 valence electrons. The molecule has 3 rings (SSSR count). The number of hydrogen-bond donors (Lipinski definition) is 0. The number of benzene rings is 1. The van der Waals surface area contributed by atoms with Gasteiger partial charge in [-0.2, -0.15) is 0 Å². The molecule has 0 radical (unpaired) electrons. The fourth-order valence-corrected chi connectivity index (χ4v) is 4.88. The summed E-state index contributed by atoms with van der Waals surface area (Å²) in [4.78, 5) is 12.5. The Balaban J connectivity index is 1.42. The Bertz CT molecular complexity index is 554. The first-order chi connectivity index (χ1) is 12.7. The molecule has 1 aliphatic heterocycles. The Labute approximate surface area is 159 Å². The number of esters is 1. The Morgan fingerprint density at radius 1 is 0.846 bits per heavy atom. The van der Waals surface area contributed by atoms with Gasteiger partial charge in [0.25, 0.3) is 0 Å². The molecule has 1 aliphatic carbocycles. The predicted octanol–water partition coefficient (Wildman–Crippen LogP) is 6.63. The first-order valence-electron chi connectivity index (χ1n) is 11.0. The Morgan fingerprint density at radius 2 is 1.50 bits per heavy atom. The number of carbonyl (C=O) groups excluding carboxylic acids is 1. The van der Waals surface area contributed by atoms with E-state index in [4.69, 9.17) is 4.74 Å². The second kappa shape index (κ2) is 9.58. The number of rotatable bonds is 7. The zero-order valence-corrected chi connectivity index (χ0v) is 16.7. The quantitative estimate of drug-likeness (QED) is 0.512. The highest BCUT2D eigenvalue weighted by atomic mass is 16.5. The Morgan fingerprint density at radius 3 is 2.08 bits per heavy atom. The molecule has 2 nitrogen and oxygen atoms in total. The van der Waals surface area contributed by atoms with E-state index in [2.05, 4.69) is 38.1 Å². The number of carbonyl (C=O) groups is 1. The minimum atomic E-state index is -0.0332. The molecule has 1 aromatic rings. The van der Waals surface area contributed by atoms with Crippen molar-refractivity contribution in [2.24, 2.45) is 17.8 Å². The molecule has 2 aliphatic rings. The van der Waals surface area contributed by atoms with E-state index >= 15 is 0 Å². The summed E-state index contributed by atoms with van der Waals surface area (Å²) in [5.41, 5.74) is 2.49. The van der Waals surface area contributed by atoms with Crippen molar-refractivity contribution in [3.8, 4) is 0 Å². The van der Waals surface area contributed by atoms with Crippen molar-refractivity contribution in [2.75, 3.05) is 0 Å². The van der Waals surface area contributed by atoms with Gasteiger partial charge in [0.1, 0.15) is 6.10 Å². The van der Waals surface area contributed by atoms with Gasteiger partial charge in [0.2, 0.25) is 0 Å². The second-order valence-electron chi connectivity index (χ2n) is 8.55. The molecule has 0 amide bonds. The minimum Gasteiger partial charge on any atom is -0.457 e. The second-order valence-corrected chi connectivity index (χ2v) is 8.55. The van der Waals surface area contributed by atoms with Crippen LogP contribution in [-0.2, 0) is 16.0 Å². The Hall–Kier alpha value is -1.31.